The summed E-state index contributed by atoms with van der Waals surface area (Å²) in [7, 11) is 0. The molecule has 0 aliphatic carbocycles. The van der Waals surface area contributed by atoms with E-state index in [1.165, 1.54) is 6.08 Å². The fraction of sp³-hybridized carbons (Fsp3) is 0. The number of rotatable bonds is 2. The summed E-state index contributed by atoms with van der Waals surface area (Å²) in [5.41, 5.74) is 5.76. The Hall–Kier alpha value is -1.64. The normalized spacial score (nSPS) is 10.2. The summed E-state index contributed by atoms with van der Waals surface area (Å²) in [6.45, 7) is 0. The monoisotopic (exact) mass is 148 g/mol. The summed E-state index contributed by atoms with van der Waals surface area (Å²) < 4.78 is 0. The molecule has 0 radical (unpaired) electrons. The van der Waals surface area contributed by atoms with Crippen LogP contribution in [0.2, 0.25) is 0 Å². The molecule has 0 atom stereocenters. The lowest BCUT2D eigenvalue weighted by Crippen LogP contribution is -2.05. The lowest BCUT2D eigenvalue weighted by atomic mass is 10.2. The van der Waals surface area contributed by atoms with Crippen LogP contribution < -0.4 is 5.73 Å². The van der Waals surface area contributed by atoms with E-state index in [1.54, 1.807) is 24.5 Å². The first-order valence-electron chi connectivity index (χ1n) is 3.16. The first kappa shape index (κ1) is 7.47. The van der Waals surface area contributed by atoms with Crippen molar-refractivity contribution < 1.29 is 4.79 Å². The molecule has 0 unspecified atom stereocenters. The third-order valence-corrected chi connectivity index (χ3v) is 1.12. The Morgan fingerprint density at radius 3 is 3.00 bits per heavy atom. The molecule has 1 aromatic rings. The summed E-state index contributed by atoms with van der Waals surface area (Å²) in [6, 6.07) is 3.63. The van der Waals surface area contributed by atoms with Gasteiger partial charge in [-0.05, 0) is 17.7 Å². The summed E-state index contributed by atoms with van der Waals surface area (Å²) in [6.07, 6.45) is 6.24. The van der Waals surface area contributed by atoms with Crippen molar-refractivity contribution in [2.75, 3.05) is 0 Å². The molecule has 0 fully saturated rings. The molecule has 1 amide bonds. The minimum absolute atomic E-state index is 0.450. The lowest BCUT2D eigenvalue weighted by molar-refractivity contribution is -0.113. The van der Waals surface area contributed by atoms with Gasteiger partial charge in [0.1, 0.15) is 0 Å². The molecule has 0 spiro atoms. The number of carbonyl (C=O) groups excluding carboxylic acids is 1. The summed E-state index contributed by atoms with van der Waals surface area (Å²) in [5, 5.41) is 0. The number of aromatic nitrogens is 1. The number of hydrogen-bond acceptors (Lipinski definition) is 2. The van der Waals surface area contributed by atoms with Gasteiger partial charge in [-0.25, -0.2) is 0 Å². The van der Waals surface area contributed by atoms with E-state index in [0.29, 0.717) is 0 Å². The van der Waals surface area contributed by atoms with Crippen molar-refractivity contribution in [1.29, 1.82) is 0 Å². The Kier molecular flexibility index (Phi) is 2.38. The van der Waals surface area contributed by atoms with Crippen LogP contribution in [0.5, 0.6) is 0 Å². The van der Waals surface area contributed by atoms with Crippen molar-refractivity contribution in [3.63, 3.8) is 0 Å². The Bertz CT molecular complexity index is 267. The first-order chi connectivity index (χ1) is 5.29. The number of carbonyl (C=O) groups is 1. The van der Waals surface area contributed by atoms with Crippen LogP contribution in [0.15, 0.2) is 30.6 Å². The molecule has 1 heterocycles. The zero-order valence-corrected chi connectivity index (χ0v) is 5.90. The maximum Gasteiger partial charge on any atom is 0.241 e. The van der Waals surface area contributed by atoms with Crippen LogP contribution in [0.3, 0.4) is 0 Å². The molecule has 0 aliphatic heterocycles. The molecule has 11 heavy (non-hydrogen) atoms. The van der Waals surface area contributed by atoms with Crippen LogP contribution in [0.25, 0.3) is 6.08 Å². The van der Waals surface area contributed by atoms with E-state index in [0.717, 1.165) is 5.56 Å². The van der Waals surface area contributed by atoms with Crippen molar-refractivity contribution in [1.82, 2.24) is 4.98 Å². The van der Waals surface area contributed by atoms with Gasteiger partial charge in [-0.15, -0.1) is 0 Å². The van der Waals surface area contributed by atoms with Crippen molar-refractivity contribution in [3.8, 4) is 0 Å². The van der Waals surface area contributed by atoms with Crippen LogP contribution in [-0.4, -0.2) is 10.9 Å². The first-order valence-corrected chi connectivity index (χ1v) is 3.16. The molecule has 3 heteroatoms. The van der Waals surface area contributed by atoms with Gasteiger partial charge in [0.05, 0.1) is 0 Å². The van der Waals surface area contributed by atoms with E-state index >= 15 is 0 Å². The summed E-state index contributed by atoms with van der Waals surface area (Å²) in [4.78, 5) is 14.1. The zero-order chi connectivity index (χ0) is 8.10. The van der Waals surface area contributed by atoms with Crippen LogP contribution in [0, 0.1) is 0 Å². The van der Waals surface area contributed by atoms with Crippen LogP contribution in [-0.2, 0) is 4.79 Å². The zero-order valence-electron chi connectivity index (χ0n) is 5.90. The molecule has 0 saturated carbocycles. The molecular formula is C8H8N2O. The standard InChI is InChI=1S/C8H8N2O/c9-8(11)4-3-7-2-1-5-10-6-7/h1-6H,(H2,9,11). The highest BCUT2D eigenvalue weighted by atomic mass is 16.1. The van der Waals surface area contributed by atoms with Crippen LogP contribution in [0.1, 0.15) is 5.56 Å². The minimum Gasteiger partial charge on any atom is -0.366 e. The maximum atomic E-state index is 10.3. The second-order valence-electron chi connectivity index (χ2n) is 2.02. The SMILES string of the molecule is NC(=O)C=Cc1cccnc1. The average molecular weight is 148 g/mol. The largest absolute Gasteiger partial charge is 0.366 e. The molecule has 0 aliphatic rings. The molecule has 0 saturated heterocycles. The average Bonchev–Trinajstić information content (AvgIpc) is 2.03. The Labute approximate surface area is 64.6 Å². The van der Waals surface area contributed by atoms with Gasteiger partial charge in [0.15, 0.2) is 0 Å². The molecule has 0 aromatic carbocycles. The van der Waals surface area contributed by atoms with E-state index in [9.17, 15) is 4.79 Å². The van der Waals surface area contributed by atoms with Gasteiger partial charge < -0.3 is 5.73 Å². The summed E-state index contributed by atoms with van der Waals surface area (Å²) >= 11 is 0. The number of hydrogen-bond donors (Lipinski definition) is 1. The minimum atomic E-state index is -0.450. The van der Waals surface area contributed by atoms with E-state index < -0.39 is 5.91 Å². The third kappa shape index (κ3) is 2.62. The number of primary amides is 1. The van der Waals surface area contributed by atoms with Gasteiger partial charge in [-0.1, -0.05) is 6.07 Å². The predicted molar refractivity (Wildman–Crippen MR) is 42.5 cm³/mol. The maximum absolute atomic E-state index is 10.3. The van der Waals surface area contributed by atoms with Crippen molar-refractivity contribution in [2.24, 2.45) is 5.73 Å². The van der Waals surface area contributed by atoms with E-state index in [-0.39, 0.29) is 0 Å². The molecule has 0 bridgehead atoms. The number of nitrogens with zero attached hydrogens (tertiary/aromatic N) is 1. The molecule has 1 rings (SSSR count). The quantitative estimate of drug-likeness (QED) is 0.624. The van der Waals surface area contributed by atoms with E-state index in [2.05, 4.69) is 4.98 Å². The molecule has 3 nitrogen and oxygen atoms in total. The molecule has 56 valence electrons. The van der Waals surface area contributed by atoms with Crippen molar-refractivity contribution >= 4 is 12.0 Å². The van der Waals surface area contributed by atoms with E-state index in [4.69, 9.17) is 5.73 Å². The highest BCUT2D eigenvalue weighted by Gasteiger charge is 1.84. The van der Waals surface area contributed by atoms with Gasteiger partial charge in [-0.2, -0.15) is 0 Å². The fourth-order valence-electron chi connectivity index (χ4n) is 0.653. The van der Waals surface area contributed by atoms with Gasteiger partial charge in [0, 0.05) is 18.5 Å². The van der Waals surface area contributed by atoms with Crippen molar-refractivity contribution in [2.45, 2.75) is 0 Å². The number of amides is 1. The molecular weight excluding hydrogens is 140 g/mol. The smallest absolute Gasteiger partial charge is 0.241 e. The second kappa shape index (κ2) is 3.51. The van der Waals surface area contributed by atoms with E-state index in [1.807, 2.05) is 6.07 Å². The topological polar surface area (TPSA) is 56.0 Å². The van der Waals surface area contributed by atoms with Gasteiger partial charge >= 0.3 is 0 Å². The summed E-state index contributed by atoms with van der Waals surface area (Å²) in [5.74, 6) is -0.450. The Balaban J connectivity index is 2.72. The second-order valence-corrected chi connectivity index (χ2v) is 2.02. The van der Waals surface area contributed by atoms with Gasteiger partial charge in [0.25, 0.3) is 0 Å². The predicted octanol–water partition coefficient (Wildman–Crippen LogP) is 0.580. The third-order valence-electron chi connectivity index (χ3n) is 1.12. The van der Waals surface area contributed by atoms with Crippen LogP contribution >= 0.6 is 0 Å². The highest BCUT2D eigenvalue weighted by Crippen LogP contribution is 1.97. The van der Waals surface area contributed by atoms with Gasteiger partial charge in [-0.3, -0.25) is 9.78 Å². The lowest BCUT2D eigenvalue weighted by Gasteiger charge is -1.87. The highest BCUT2D eigenvalue weighted by molar-refractivity contribution is 5.90. The van der Waals surface area contributed by atoms with Crippen molar-refractivity contribution in [3.05, 3.63) is 36.2 Å². The number of pyridine rings is 1. The fourth-order valence-corrected chi connectivity index (χ4v) is 0.653. The Morgan fingerprint density at radius 1 is 1.64 bits per heavy atom. The Morgan fingerprint density at radius 2 is 2.45 bits per heavy atom. The molecule has 2 N–H and O–H groups in total. The molecule has 1 aromatic heterocycles. The van der Waals surface area contributed by atoms with Crippen LogP contribution in [0.4, 0.5) is 0 Å². The number of nitrogens with two attached hydrogens (primary N) is 1. The van der Waals surface area contributed by atoms with Gasteiger partial charge in [0.2, 0.25) is 5.91 Å².